The molecule has 0 saturated heterocycles. The van der Waals surface area contributed by atoms with Crippen molar-refractivity contribution in [1.82, 2.24) is 4.57 Å². The van der Waals surface area contributed by atoms with Crippen LogP contribution >= 0.6 is 0 Å². The van der Waals surface area contributed by atoms with E-state index >= 15 is 0 Å². The summed E-state index contributed by atoms with van der Waals surface area (Å²) < 4.78 is 16.9. The smallest absolute Gasteiger partial charge is 0.123 e. The van der Waals surface area contributed by atoms with E-state index in [9.17, 15) is 4.39 Å². The molecule has 0 aliphatic rings. The van der Waals surface area contributed by atoms with Crippen LogP contribution in [0.3, 0.4) is 0 Å². The molecule has 0 bridgehead atoms. The SMILES string of the molecule is Fc1ccc(N(c2ccc3c(c2)c2ccccc2n3-c2ccccc2)c2ccc(-c3ccc(N(c4ccc(-c5ccccc5)cc4)c4ccc(-c5ccccc5)cc4)cc3)c3ccccc23)cc1. The summed E-state index contributed by atoms with van der Waals surface area (Å²) in [7, 11) is 0. The first-order chi connectivity index (χ1) is 33.6. The average molecular weight is 874 g/mol. The van der Waals surface area contributed by atoms with Crippen LogP contribution in [0.5, 0.6) is 0 Å². The van der Waals surface area contributed by atoms with Gasteiger partial charge >= 0.3 is 0 Å². The van der Waals surface area contributed by atoms with Gasteiger partial charge in [-0.25, -0.2) is 4.39 Å². The Labute approximate surface area is 395 Å². The highest BCUT2D eigenvalue weighted by Crippen LogP contribution is 2.45. The zero-order chi connectivity index (χ0) is 45.4. The van der Waals surface area contributed by atoms with Crippen LogP contribution in [0.25, 0.3) is 71.6 Å². The summed E-state index contributed by atoms with van der Waals surface area (Å²) in [5.74, 6) is -0.272. The van der Waals surface area contributed by atoms with Crippen molar-refractivity contribution in [2.24, 2.45) is 0 Å². The van der Waals surface area contributed by atoms with Crippen molar-refractivity contribution >= 4 is 66.7 Å². The summed E-state index contributed by atoms with van der Waals surface area (Å²) in [5.41, 5.74) is 16.4. The number of fused-ring (bicyclic) bond motifs is 4. The van der Waals surface area contributed by atoms with E-state index in [-0.39, 0.29) is 5.82 Å². The van der Waals surface area contributed by atoms with E-state index in [1.165, 1.54) is 27.6 Å². The zero-order valence-corrected chi connectivity index (χ0v) is 37.1. The number of aromatic nitrogens is 1. The molecule has 3 nitrogen and oxygen atoms in total. The van der Waals surface area contributed by atoms with Crippen molar-refractivity contribution in [3.63, 3.8) is 0 Å². The number of benzene rings is 11. The Balaban J connectivity index is 0.948. The van der Waals surface area contributed by atoms with E-state index in [2.05, 4.69) is 257 Å². The van der Waals surface area contributed by atoms with Gasteiger partial charge in [-0.1, -0.05) is 164 Å². The maximum Gasteiger partial charge on any atom is 0.123 e. The highest BCUT2D eigenvalue weighted by molar-refractivity contribution is 6.12. The zero-order valence-electron chi connectivity index (χ0n) is 37.1. The lowest BCUT2D eigenvalue weighted by Gasteiger charge is -2.28. The van der Waals surface area contributed by atoms with Crippen LogP contribution in [-0.4, -0.2) is 4.57 Å². The molecule has 4 heteroatoms. The number of nitrogens with zero attached hydrogens (tertiary/aromatic N) is 3. The molecule has 0 amide bonds. The molecular weight excluding hydrogens is 830 g/mol. The Hall–Kier alpha value is -8.99. The molecule has 0 radical (unpaired) electrons. The van der Waals surface area contributed by atoms with Gasteiger partial charge in [0.1, 0.15) is 5.82 Å². The van der Waals surface area contributed by atoms with Crippen LogP contribution in [0.2, 0.25) is 0 Å². The third-order valence-electron chi connectivity index (χ3n) is 13.1. The minimum atomic E-state index is -0.272. The van der Waals surface area contributed by atoms with Gasteiger partial charge in [0.2, 0.25) is 0 Å². The lowest BCUT2D eigenvalue weighted by Crippen LogP contribution is -2.11. The Morgan fingerprint density at radius 3 is 1.29 bits per heavy atom. The number of hydrogen-bond acceptors (Lipinski definition) is 2. The molecule has 12 rings (SSSR count). The molecule has 0 aliphatic carbocycles. The highest BCUT2D eigenvalue weighted by atomic mass is 19.1. The van der Waals surface area contributed by atoms with Crippen molar-refractivity contribution in [3.05, 3.63) is 273 Å². The molecule has 0 atom stereocenters. The molecule has 0 spiro atoms. The number of hydrogen-bond donors (Lipinski definition) is 0. The van der Waals surface area contributed by atoms with Gasteiger partial charge in [0, 0.05) is 50.3 Å². The van der Waals surface area contributed by atoms with Gasteiger partial charge in [-0.2, -0.15) is 0 Å². The van der Waals surface area contributed by atoms with Gasteiger partial charge in [0.05, 0.1) is 16.7 Å². The molecule has 0 N–H and O–H groups in total. The summed E-state index contributed by atoms with van der Waals surface area (Å²) in [6.07, 6.45) is 0. The molecule has 322 valence electrons. The van der Waals surface area contributed by atoms with Gasteiger partial charge in [-0.3, -0.25) is 0 Å². The Morgan fingerprint density at radius 2 is 0.706 bits per heavy atom. The molecule has 11 aromatic carbocycles. The fourth-order valence-electron chi connectivity index (χ4n) is 9.81. The van der Waals surface area contributed by atoms with Gasteiger partial charge in [-0.15, -0.1) is 0 Å². The van der Waals surface area contributed by atoms with E-state index in [4.69, 9.17) is 0 Å². The van der Waals surface area contributed by atoms with Crippen LogP contribution in [0.15, 0.2) is 267 Å². The van der Waals surface area contributed by atoms with E-state index in [0.29, 0.717) is 0 Å². The van der Waals surface area contributed by atoms with Crippen LogP contribution in [0, 0.1) is 5.82 Å². The molecule has 1 heterocycles. The van der Waals surface area contributed by atoms with Crippen molar-refractivity contribution in [2.45, 2.75) is 0 Å². The molecule has 0 unspecified atom stereocenters. The summed E-state index contributed by atoms with van der Waals surface area (Å²) in [6, 6.07) is 93.2. The fraction of sp³-hybridized carbons (Fsp3) is 0. The van der Waals surface area contributed by atoms with Crippen molar-refractivity contribution in [1.29, 1.82) is 0 Å². The minimum Gasteiger partial charge on any atom is -0.311 e. The normalized spacial score (nSPS) is 11.3. The van der Waals surface area contributed by atoms with Gasteiger partial charge in [0.25, 0.3) is 0 Å². The number of rotatable bonds is 10. The number of anilines is 6. The second kappa shape index (κ2) is 17.4. The van der Waals surface area contributed by atoms with E-state index < -0.39 is 0 Å². The van der Waals surface area contributed by atoms with Crippen LogP contribution < -0.4 is 9.80 Å². The van der Waals surface area contributed by atoms with Crippen molar-refractivity contribution < 1.29 is 4.39 Å². The summed E-state index contributed by atoms with van der Waals surface area (Å²) >= 11 is 0. The Morgan fingerprint density at radius 1 is 0.279 bits per heavy atom. The molecule has 0 fully saturated rings. The summed E-state index contributed by atoms with van der Waals surface area (Å²) in [5, 5.41) is 4.52. The first-order valence-corrected chi connectivity index (χ1v) is 23.0. The number of para-hydroxylation sites is 2. The standard InChI is InChI=1S/C64H44FN3/c65-50-30-38-55(39-31-50)67(56-40-42-64-61(44-56)60-22-12-13-23-62(60)68(64)51-18-8-3-9-19-51)63-43-41-57(58-20-10-11-21-59(58)63)49-28-36-54(37-29-49)66(52-32-24-47(25-33-52)45-14-4-1-5-15-45)53-34-26-48(27-35-53)46-16-6-2-7-17-46/h1-44H. The summed E-state index contributed by atoms with van der Waals surface area (Å²) in [6.45, 7) is 0. The lowest BCUT2D eigenvalue weighted by molar-refractivity contribution is 0.628. The molecule has 12 aromatic rings. The molecule has 1 aromatic heterocycles. The monoisotopic (exact) mass is 873 g/mol. The quantitative estimate of drug-likeness (QED) is 0.136. The number of halogens is 1. The lowest BCUT2D eigenvalue weighted by atomic mass is 9.96. The third-order valence-corrected chi connectivity index (χ3v) is 13.1. The van der Waals surface area contributed by atoms with Crippen molar-refractivity contribution in [3.8, 4) is 39.1 Å². The van der Waals surface area contributed by atoms with Crippen LogP contribution in [-0.2, 0) is 0 Å². The second-order valence-corrected chi connectivity index (χ2v) is 17.1. The Bertz CT molecular complexity index is 3620. The maximum absolute atomic E-state index is 14.6. The average Bonchev–Trinajstić information content (AvgIpc) is 3.74. The van der Waals surface area contributed by atoms with Crippen LogP contribution in [0.4, 0.5) is 38.5 Å². The summed E-state index contributed by atoms with van der Waals surface area (Å²) in [4.78, 5) is 4.58. The molecule has 68 heavy (non-hydrogen) atoms. The second-order valence-electron chi connectivity index (χ2n) is 17.1. The third kappa shape index (κ3) is 7.44. The molecule has 0 saturated carbocycles. The van der Waals surface area contributed by atoms with Crippen molar-refractivity contribution in [2.75, 3.05) is 9.80 Å². The Kier molecular flexibility index (Phi) is 10.4. The predicted octanol–water partition coefficient (Wildman–Crippen LogP) is 18.0. The first kappa shape index (κ1) is 40.5. The van der Waals surface area contributed by atoms with Gasteiger partial charge in [-0.05, 0) is 142 Å². The fourth-order valence-corrected chi connectivity index (χ4v) is 9.81. The predicted molar refractivity (Wildman–Crippen MR) is 284 cm³/mol. The van der Waals surface area contributed by atoms with Gasteiger partial charge < -0.3 is 14.4 Å². The van der Waals surface area contributed by atoms with E-state index in [0.717, 1.165) is 78.1 Å². The van der Waals surface area contributed by atoms with E-state index in [1.54, 1.807) is 12.1 Å². The minimum absolute atomic E-state index is 0.272. The van der Waals surface area contributed by atoms with E-state index in [1.807, 2.05) is 12.1 Å². The topological polar surface area (TPSA) is 11.4 Å². The maximum atomic E-state index is 14.6. The highest BCUT2D eigenvalue weighted by Gasteiger charge is 2.21. The molecule has 0 aliphatic heterocycles. The van der Waals surface area contributed by atoms with Crippen LogP contribution in [0.1, 0.15) is 0 Å². The first-order valence-electron chi connectivity index (χ1n) is 23.0. The molecular formula is C64H44FN3. The largest absolute Gasteiger partial charge is 0.311 e. The van der Waals surface area contributed by atoms with Gasteiger partial charge in [0.15, 0.2) is 0 Å².